The molecule has 3 N–H and O–H groups in total. The molecule has 0 saturated heterocycles. The lowest BCUT2D eigenvalue weighted by Crippen LogP contribution is -2.42. The second kappa shape index (κ2) is 25.4. The van der Waals surface area contributed by atoms with Crippen LogP contribution in [0.1, 0.15) is 17.0 Å². The van der Waals surface area contributed by atoms with Crippen molar-refractivity contribution in [1.82, 2.24) is 10.2 Å². The van der Waals surface area contributed by atoms with Crippen LogP contribution in [0.5, 0.6) is 0 Å². The Kier molecular flexibility index (Phi) is 20.8. The van der Waals surface area contributed by atoms with Gasteiger partial charge in [-0.2, -0.15) is 0 Å². The Morgan fingerprint density at radius 2 is 0.940 bits per heavy atom. The summed E-state index contributed by atoms with van der Waals surface area (Å²) in [7, 11) is 0. The average molecular weight is 707 g/mol. The number of hydrogen-bond acceptors (Lipinski definition) is 13. The molecule has 3 rings (SSSR count). The van der Waals surface area contributed by atoms with Crippen molar-refractivity contribution in [2.24, 2.45) is 0 Å². The molecule has 0 fully saturated rings. The van der Waals surface area contributed by atoms with Gasteiger partial charge in [-0.1, -0.05) is 48.5 Å². The van der Waals surface area contributed by atoms with Gasteiger partial charge < -0.3 is 53.4 Å². The zero-order valence-electron chi connectivity index (χ0n) is 28.5. The largest absolute Gasteiger partial charge is 0.449 e. The number of ether oxygens (including phenoxy) is 8. The van der Waals surface area contributed by atoms with E-state index in [1.54, 1.807) is 0 Å². The molecule has 1 aliphatic carbocycles. The highest BCUT2D eigenvalue weighted by molar-refractivity contribution is 5.96. The molecule has 0 aromatic heterocycles. The number of carbonyl (C=O) groups is 3. The van der Waals surface area contributed by atoms with E-state index in [2.05, 4.69) is 29.6 Å². The molecule has 15 nitrogen and oxygen atoms in total. The molecule has 2 aromatic carbocycles. The highest BCUT2D eigenvalue weighted by Gasteiger charge is 2.29. The zero-order chi connectivity index (χ0) is 35.7. The van der Waals surface area contributed by atoms with Crippen molar-refractivity contribution in [3.05, 3.63) is 59.7 Å². The van der Waals surface area contributed by atoms with Gasteiger partial charge in [0, 0.05) is 12.5 Å². The Bertz CT molecular complexity index is 1200. The third-order valence-corrected chi connectivity index (χ3v) is 7.42. The number of aliphatic hydroxyl groups excluding tert-OH is 2. The predicted octanol–water partition coefficient (Wildman–Crippen LogP) is 0.981. The van der Waals surface area contributed by atoms with Crippen molar-refractivity contribution >= 4 is 17.9 Å². The number of aliphatic hydroxyl groups is 2. The van der Waals surface area contributed by atoms with Gasteiger partial charge in [0.2, 0.25) is 0 Å². The van der Waals surface area contributed by atoms with Crippen LogP contribution in [0.25, 0.3) is 11.1 Å². The lowest BCUT2D eigenvalue weighted by Gasteiger charge is -2.18. The van der Waals surface area contributed by atoms with Crippen LogP contribution >= 0.6 is 0 Å². The number of amides is 3. The van der Waals surface area contributed by atoms with Gasteiger partial charge in [-0.25, -0.2) is 4.79 Å². The van der Waals surface area contributed by atoms with Gasteiger partial charge in [0.05, 0.1) is 99.0 Å². The number of rotatable bonds is 28. The maximum absolute atomic E-state index is 12.2. The van der Waals surface area contributed by atoms with Crippen LogP contribution in [-0.2, 0) is 47.5 Å². The van der Waals surface area contributed by atoms with E-state index in [1.807, 2.05) is 24.3 Å². The summed E-state index contributed by atoms with van der Waals surface area (Å²) in [5.41, 5.74) is 4.72. The minimum absolute atomic E-state index is 0.0241. The molecule has 2 aromatic rings. The Hall–Kier alpha value is -3.51. The van der Waals surface area contributed by atoms with E-state index in [0.29, 0.717) is 85.8 Å². The van der Waals surface area contributed by atoms with E-state index in [1.165, 1.54) is 22.3 Å². The molecule has 0 radical (unpaired) electrons. The lowest BCUT2D eigenvalue weighted by atomic mass is 9.98. The predicted molar refractivity (Wildman–Crippen MR) is 180 cm³/mol. The van der Waals surface area contributed by atoms with Crippen LogP contribution in [0.2, 0.25) is 0 Å². The van der Waals surface area contributed by atoms with Crippen molar-refractivity contribution in [1.29, 1.82) is 0 Å². The second-order valence-corrected chi connectivity index (χ2v) is 10.8. The molecule has 15 heteroatoms. The third-order valence-electron chi connectivity index (χ3n) is 7.42. The molecule has 0 aliphatic heterocycles. The Morgan fingerprint density at radius 1 is 0.560 bits per heavy atom. The van der Waals surface area contributed by atoms with Crippen LogP contribution < -0.4 is 5.32 Å². The molecule has 3 amide bonds. The Morgan fingerprint density at radius 3 is 1.36 bits per heavy atom. The van der Waals surface area contributed by atoms with E-state index in [0.717, 1.165) is 4.90 Å². The fourth-order valence-corrected chi connectivity index (χ4v) is 5.01. The van der Waals surface area contributed by atoms with E-state index in [9.17, 15) is 14.4 Å². The van der Waals surface area contributed by atoms with Crippen LogP contribution in [0.4, 0.5) is 4.79 Å². The maximum Gasteiger partial charge on any atom is 0.407 e. The molecule has 50 heavy (non-hydrogen) atoms. The smallest absolute Gasteiger partial charge is 0.407 e. The first-order chi connectivity index (χ1) is 24.6. The third kappa shape index (κ3) is 15.2. The summed E-state index contributed by atoms with van der Waals surface area (Å²) in [6.45, 7) is 4.02. The normalized spacial score (nSPS) is 12.0. The van der Waals surface area contributed by atoms with Crippen LogP contribution in [0.3, 0.4) is 0 Å². The number of carbonyl (C=O) groups excluding carboxylic acids is 3. The number of hydrogen-bond donors (Lipinski definition) is 3. The summed E-state index contributed by atoms with van der Waals surface area (Å²) < 4.78 is 43.5. The summed E-state index contributed by atoms with van der Waals surface area (Å²) >= 11 is 0. The number of alkyl carbamates (subject to hydrolysis) is 1. The molecule has 0 unspecified atom stereocenters. The van der Waals surface area contributed by atoms with Crippen LogP contribution in [0, 0.1) is 0 Å². The van der Waals surface area contributed by atoms with Gasteiger partial charge in [0.15, 0.2) is 0 Å². The summed E-state index contributed by atoms with van der Waals surface area (Å²) in [4.78, 5) is 35.9. The van der Waals surface area contributed by atoms with Gasteiger partial charge in [-0.3, -0.25) is 14.5 Å². The lowest BCUT2D eigenvalue weighted by molar-refractivity contribution is -0.149. The number of nitrogens with zero attached hydrogens (tertiary/aromatic N) is 1. The van der Waals surface area contributed by atoms with Crippen LogP contribution in [0.15, 0.2) is 48.5 Å². The molecule has 0 saturated carbocycles. The number of benzene rings is 2. The zero-order valence-corrected chi connectivity index (χ0v) is 28.5. The Balaban J connectivity index is 1.01. The van der Waals surface area contributed by atoms with Crippen molar-refractivity contribution in [2.45, 2.75) is 5.92 Å². The molecule has 1 aliphatic rings. The van der Waals surface area contributed by atoms with E-state index in [-0.39, 0.29) is 32.3 Å². The van der Waals surface area contributed by atoms with Gasteiger partial charge in [0.25, 0.3) is 11.8 Å². The highest BCUT2D eigenvalue weighted by Crippen LogP contribution is 2.44. The Labute approximate surface area is 292 Å². The minimum atomic E-state index is -0.820. The van der Waals surface area contributed by atoms with Crippen molar-refractivity contribution in [3.8, 4) is 11.1 Å². The average Bonchev–Trinajstić information content (AvgIpc) is 3.46. The molecule has 278 valence electrons. The number of fused-ring (bicyclic) bond motifs is 3. The van der Waals surface area contributed by atoms with Crippen molar-refractivity contribution in [2.75, 3.05) is 125 Å². The van der Waals surface area contributed by atoms with Gasteiger partial charge in [0.1, 0.15) is 19.8 Å². The standard InChI is InChI=1S/C35H50N2O13/c38-25-33(40)37(34(41)26-39)10-12-44-14-16-46-18-20-48-22-24-49-23-21-47-19-17-45-15-13-43-11-9-36-35(42)50-27-32-30-7-3-1-5-28(30)29-6-2-4-8-31(29)32/h1-8,32,38-39H,9-27H2,(H,36,42). The first kappa shape index (κ1) is 40.9. The van der Waals surface area contributed by atoms with E-state index >= 15 is 0 Å². The fraction of sp³-hybridized carbons (Fsp3) is 0.571. The highest BCUT2D eigenvalue weighted by atomic mass is 16.6. The number of imide groups is 1. The van der Waals surface area contributed by atoms with E-state index < -0.39 is 31.1 Å². The van der Waals surface area contributed by atoms with Crippen LogP contribution in [-0.4, -0.2) is 158 Å². The first-order valence-corrected chi connectivity index (χ1v) is 16.7. The molecule has 0 bridgehead atoms. The monoisotopic (exact) mass is 706 g/mol. The van der Waals surface area contributed by atoms with Gasteiger partial charge in [-0.15, -0.1) is 0 Å². The molecule has 0 spiro atoms. The summed E-state index contributed by atoms with van der Waals surface area (Å²) in [6, 6.07) is 16.4. The summed E-state index contributed by atoms with van der Waals surface area (Å²) in [5, 5.41) is 20.5. The topological polar surface area (TPSA) is 181 Å². The number of nitrogens with one attached hydrogen (secondary N) is 1. The second-order valence-electron chi connectivity index (χ2n) is 10.8. The first-order valence-electron chi connectivity index (χ1n) is 16.7. The summed E-state index contributed by atoms with van der Waals surface area (Å²) in [6.07, 6.45) is -0.469. The van der Waals surface area contributed by atoms with Gasteiger partial charge in [-0.05, 0) is 22.3 Å². The van der Waals surface area contributed by atoms with Crippen molar-refractivity contribution < 1.29 is 62.5 Å². The molecular weight excluding hydrogens is 656 g/mol. The maximum atomic E-state index is 12.2. The van der Waals surface area contributed by atoms with Gasteiger partial charge >= 0.3 is 6.09 Å². The minimum Gasteiger partial charge on any atom is -0.449 e. The summed E-state index contributed by atoms with van der Waals surface area (Å²) in [5.74, 6) is -1.56. The molecule has 0 atom stereocenters. The molecular formula is C35H50N2O13. The van der Waals surface area contributed by atoms with E-state index in [4.69, 9.17) is 48.1 Å². The fourth-order valence-electron chi connectivity index (χ4n) is 5.01. The van der Waals surface area contributed by atoms with Crippen molar-refractivity contribution in [3.63, 3.8) is 0 Å². The quantitative estimate of drug-likeness (QED) is 0.107. The SMILES string of the molecule is O=C(NCCOCCOCCOCCOCCOCCOCCOCCN(C(=O)CO)C(=O)CO)OCC1c2ccccc2-c2ccccc21. The molecule has 0 heterocycles.